The third-order valence-corrected chi connectivity index (χ3v) is 3.20. The monoisotopic (exact) mass is 281 g/mol. The predicted molar refractivity (Wildman–Crippen MR) is 77.3 cm³/mol. The first kappa shape index (κ1) is 13.0. The topological polar surface area (TPSA) is 77.5 Å². The number of fused-ring (bicyclic) bond motifs is 1. The fourth-order valence-electron chi connectivity index (χ4n) is 2.26. The molecule has 0 aliphatic heterocycles. The molecule has 0 aliphatic rings. The van der Waals surface area contributed by atoms with Gasteiger partial charge >= 0.3 is 0 Å². The van der Waals surface area contributed by atoms with Gasteiger partial charge in [-0.05, 0) is 12.1 Å². The van der Waals surface area contributed by atoms with Gasteiger partial charge in [0.2, 0.25) is 0 Å². The minimum atomic E-state index is -0.453. The van der Waals surface area contributed by atoms with Gasteiger partial charge in [0, 0.05) is 30.8 Å². The lowest BCUT2D eigenvalue weighted by Gasteiger charge is -2.00. The van der Waals surface area contributed by atoms with Gasteiger partial charge < -0.3 is 0 Å². The molecule has 0 radical (unpaired) electrons. The van der Waals surface area contributed by atoms with E-state index >= 15 is 0 Å². The molecule has 0 unspecified atom stereocenters. The van der Waals surface area contributed by atoms with Gasteiger partial charge in [0.05, 0.1) is 10.4 Å². The van der Waals surface area contributed by atoms with Gasteiger partial charge in [0.25, 0.3) is 5.69 Å². The summed E-state index contributed by atoms with van der Waals surface area (Å²) < 4.78 is 1.76. The van der Waals surface area contributed by atoms with E-state index in [-0.39, 0.29) is 11.5 Å². The van der Waals surface area contributed by atoms with Crippen LogP contribution in [0, 0.1) is 10.1 Å². The zero-order chi connectivity index (χ0) is 15.0. The van der Waals surface area contributed by atoms with Gasteiger partial charge in [0.1, 0.15) is 11.5 Å². The van der Waals surface area contributed by atoms with Gasteiger partial charge in [-0.1, -0.05) is 18.2 Å². The van der Waals surface area contributed by atoms with E-state index in [4.69, 9.17) is 0 Å². The number of Topliss-reactive ketones (excluding diaryl/α,β-unsaturated/α-hetero) is 1. The lowest BCUT2D eigenvalue weighted by molar-refractivity contribution is -0.384. The van der Waals surface area contributed by atoms with Crippen molar-refractivity contribution >= 4 is 17.0 Å². The first-order chi connectivity index (χ1) is 10.1. The van der Waals surface area contributed by atoms with Crippen LogP contribution in [0.3, 0.4) is 0 Å². The molecular weight excluding hydrogens is 270 g/mol. The molecule has 0 aliphatic carbocycles. The molecular formula is C15H11N3O3. The number of nitrogens with zero attached hydrogens (tertiary/aromatic N) is 3. The molecule has 3 rings (SSSR count). The van der Waals surface area contributed by atoms with Crippen LogP contribution in [-0.2, 0) is 0 Å². The van der Waals surface area contributed by atoms with Gasteiger partial charge in [-0.25, -0.2) is 4.98 Å². The lowest BCUT2D eigenvalue weighted by atomic mass is 10.2. The minimum absolute atomic E-state index is 0.00967. The largest absolute Gasteiger partial charge is 0.299 e. The Kier molecular flexibility index (Phi) is 2.98. The summed E-state index contributed by atoms with van der Waals surface area (Å²) in [5.41, 5.74) is 1.63. The molecule has 1 aromatic carbocycles. The highest BCUT2D eigenvalue weighted by atomic mass is 16.6. The summed E-state index contributed by atoms with van der Waals surface area (Å²) in [7, 11) is 0. The highest BCUT2D eigenvalue weighted by Crippen LogP contribution is 2.25. The standard InChI is InChI=1S/C15H11N3O3/c1-10(19)14-13-7-2-3-8-17(13)15(16-14)11-5-4-6-12(9-11)18(20)21/h2-9H,1H3. The van der Waals surface area contributed by atoms with E-state index in [1.54, 1.807) is 28.8 Å². The SMILES string of the molecule is CC(=O)c1nc(-c2cccc([N+](=O)[O-])c2)n2ccccc12. The van der Waals surface area contributed by atoms with E-state index in [0.717, 1.165) is 0 Å². The number of non-ortho nitro benzene ring substituents is 1. The molecule has 0 bridgehead atoms. The fraction of sp³-hybridized carbons (Fsp3) is 0.0667. The number of nitro groups is 1. The van der Waals surface area contributed by atoms with Crippen LogP contribution in [0.5, 0.6) is 0 Å². The molecule has 0 atom stereocenters. The number of benzene rings is 1. The van der Waals surface area contributed by atoms with Gasteiger partial charge in [-0.15, -0.1) is 0 Å². The van der Waals surface area contributed by atoms with E-state index in [0.29, 0.717) is 22.6 Å². The summed E-state index contributed by atoms with van der Waals surface area (Å²) in [6, 6.07) is 11.6. The number of ketones is 1. The Hall–Kier alpha value is -3.02. The van der Waals surface area contributed by atoms with E-state index in [2.05, 4.69) is 4.98 Å². The summed E-state index contributed by atoms with van der Waals surface area (Å²) in [5.74, 6) is 0.370. The van der Waals surface area contributed by atoms with Gasteiger partial charge in [-0.3, -0.25) is 19.3 Å². The van der Waals surface area contributed by atoms with Crippen molar-refractivity contribution in [3.05, 3.63) is 64.5 Å². The van der Waals surface area contributed by atoms with Crippen LogP contribution in [0.4, 0.5) is 5.69 Å². The summed E-state index contributed by atoms with van der Waals surface area (Å²) in [5, 5.41) is 10.9. The zero-order valence-electron chi connectivity index (χ0n) is 11.2. The number of pyridine rings is 1. The van der Waals surface area contributed by atoms with Crippen molar-refractivity contribution in [1.82, 2.24) is 9.38 Å². The Morgan fingerprint density at radius 1 is 1.24 bits per heavy atom. The van der Waals surface area contributed by atoms with Crippen LogP contribution < -0.4 is 0 Å². The number of aromatic nitrogens is 2. The second kappa shape index (κ2) is 4.82. The average Bonchev–Trinajstić information content (AvgIpc) is 2.87. The number of nitro benzene ring substituents is 1. The van der Waals surface area contributed by atoms with Crippen molar-refractivity contribution < 1.29 is 9.72 Å². The maximum atomic E-state index is 11.7. The zero-order valence-corrected chi connectivity index (χ0v) is 11.2. The third-order valence-electron chi connectivity index (χ3n) is 3.20. The van der Waals surface area contributed by atoms with Crippen molar-refractivity contribution in [3.63, 3.8) is 0 Å². The second-order valence-electron chi connectivity index (χ2n) is 4.60. The molecule has 2 aromatic heterocycles. The molecule has 2 heterocycles. The Bertz CT molecular complexity index is 867. The molecule has 0 fully saturated rings. The van der Waals surface area contributed by atoms with Crippen molar-refractivity contribution in [1.29, 1.82) is 0 Å². The van der Waals surface area contributed by atoms with Crippen molar-refractivity contribution in [2.45, 2.75) is 6.92 Å². The second-order valence-corrected chi connectivity index (χ2v) is 4.60. The molecule has 0 spiro atoms. The molecule has 104 valence electrons. The molecule has 0 saturated heterocycles. The molecule has 0 saturated carbocycles. The maximum absolute atomic E-state index is 11.7. The van der Waals surface area contributed by atoms with E-state index in [9.17, 15) is 14.9 Å². The Morgan fingerprint density at radius 3 is 2.76 bits per heavy atom. The Labute approximate surface area is 119 Å². The van der Waals surface area contributed by atoms with Crippen LogP contribution in [0.25, 0.3) is 16.9 Å². The van der Waals surface area contributed by atoms with Crippen molar-refractivity contribution in [2.75, 3.05) is 0 Å². The van der Waals surface area contributed by atoms with Crippen molar-refractivity contribution in [3.8, 4) is 11.4 Å². The smallest absolute Gasteiger partial charge is 0.270 e. The Morgan fingerprint density at radius 2 is 2.05 bits per heavy atom. The number of carbonyl (C=O) groups excluding carboxylic acids is 1. The van der Waals surface area contributed by atoms with Crippen LogP contribution in [0.15, 0.2) is 48.7 Å². The fourth-order valence-corrected chi connectivity index (χ4v) is 2.26. The number of hydrogen-bond acceptors (Lipinski definition) is 4. The number of carbonyl (C=O) groups is 1. The summed E-state index contributed by atoms with van der Waals surface area (Å²) >= 11 is 0. The number of rotatable bonds is 3. The minimum Gasteiger partial charge on any atom is -0.299 e. The van der Waals surface area contributed by atoms with Gasteiger partial charge in [0.15, 0.2) is 5.78 Å². The predicted octanol–water partition coefficient (Wildman–Crippen LogP) is 3.11. The quantitative estimate of drug-likeness (QED) is 0.420. The van der Waals surface area contributed by atoms with Gasteiger partial charge in [-0.2, -0.15) is 0 Å². The highest BCUT2D eigenvalue weighted by Gasteiger charge is 2.16. The number of imidazole rings is 1. The van der Waals surface area contributed by atoms with E-state index in [1.165, 1.54) is 19.1 Å². The molecule has 0 amide bonds. The average molecular weight is 281 g/mol. The highest BCUT2D eigenvalue weighted by molar-refractivity contribution is 5.99. The maximum Gasteiger partial charge on any atom is 0.270 e. The van der Waals surface area contributed by atoms with Crippen LogP contribution in [-0.4, -0.2) is 20.1 Å². The molecule has 21 heavy (non-hydrogen) atoms. The van der Waals surface area contributed by atoms with E-state index in [1.807, 2.05) is 12.1 Å². The first-order valence-electron chi connectivity index (χ1n) is 6.31. The van der Waals surface area contributed by atoms with Crippen molar-refractivity contribution in [2.24, 2.45) is 0 Å². The summed E-state index contributed by atoms with van der Waals surface area (Å²) in [6.45, 7) is 1.45. The lowest BCUT2D eigenvalue weighted by Crippen LogP contribution is -1.92. The molecule has 6 heteroatoms. The molecule has 6 nitrogen and oxygen atoms in total. The van der Waals surface area contributed by atoms with E-state index < -0.39 is 4.92 Å². The summed E-state index contributed by atoms with van der Waals surface area (Å²) in [4.78, 5) is 26.5. The van der Waals surface area contributed by atoms with Crippen LogP contribution in [0.2, 0.25) is 0 Å². The normalized spacial score (nSPS) is 10.7. The summed E-state index contributed by atoms with van der Waals surface area (Å²) in [6.07, 6.45) is 1.78. The Balaban J connectivity index is 2.28. The van der Waals surface area contributed by atoms with Crippen LogP contribution in [0.1, 0.15) is 17.4 Å². The number of hydrogen-bond donors (Lipinski definition) is 0. The molecule has 3 aromatic rings. The van der Waals surface area contributed by atoms with Crippen LogP contribution >= 0.6 is 0 Å². The molecule has 0 N–H and O–H groups in total. The first-order valence-corrected chi connectivity index (χ1v) is 6.31. The third kappa shape index (κ3) is 2.16.